The first-order valence-electron chi connectivity index (χ1n) is 11.8. The van der Waals surface area contributed by atoms with E-state index in [-0.39, 0.29) is 17.6 Å². The summed E-state index contributed by atoms with van der Waals surface area (Å²) in [7, 11) is 0. The van der Waals surface area contributed by atoms with Crippen molar-refractivity contribution in [2.75, 3.05) is 11.4 Å². The molecular formula is C30H28FNO2. The SMILES string of the molecule is Oc1ccc(CCC2c3ccc(OCc4ccccc4)cc3CCN2c2ccc(F)cc2)cc1. The summed E-state index contributed by atoms with van der Waals surface area (Å²) in [5.74, 6) is 0.944. The Kier molecular flexibility index (Phi) is 6.48. The second-order valence-corrected chi connectivity index (χ2v) is 8.78. The van der Waals surface area contributed by atoms with Gasteiger partial charge in [-0.2, -0.15) is 0 Å². The van der Waals surface area contributed by atoms with Crippen LogP contribution >= 0.6 is 0 Å². The lowest BCUT2D eigenvalue weighted by Crippen LogP contribution is -2.35. The minimum Gasteiger partial charge on any atom is -0.508 e. The van der Waals surface area contributed by atoms with E-state index >= 15 is 0 Å². The van der Waals surface area contributed by atoms with Crippen molar-refractivity contribution in [1.29, 1.82) is 0 Å². The van der Waals surface area contributed by atoms with Gasteiger partial charge in [0, 0.05) is 12.2 Å². The standard InChI is InChI=1S/C30H28FNO2/c31-25-9-11-26(12-10-25)32-19-18-24-20-28(34-21-23-4-2-1-3-5-23)15-16-29(24)30(32)17-8-22-6-13-27(33)14-7-22/h1-7,9-16,20,30,33H,8,17-19,21H2. The lowest BCUT2D eigenvalue weighted by Gasteiger charge is -2.39. The Hall–Kier alpha value is -3.79. The number of hydrogen-bond donors (Lipinski definition) is 1. The highest BCUT2D eigenvalue weighted by molar-refractivity contribution is 5.53. The number of hydrogen-bond acceptors (Lipinski definition) is 3. The van der Waals surface area contributed by atoms with Gasteiger partial charge in [0.15, 0.2) is 0 Å². The molecule has 34 heavy (non-hydrogen) atoms. The second kappa shape index (κ2) is 10.0. The number of halogens is 1. The molecule has 0 bridgehead atoms. The first-order valence-corrected chi connectivity index (χ1v) is 11.8. The number of phenols is 1. The Labute approximate surface area is 200 Å². The molecule has 1 heterocycles. The molecule has 5 rings (SSSR count). The molecule has 3 nitrogen and oxygen atoms in total. The van der Waals surface area contributed by atoms with Crippen molar-refractivity contribution in [3.05, 3.63) is 125 Å². The maximum atomic E-state index is 13.6. The van der Waals surface area contributed by atoms with Crippen LogP contribution in [-0.2, 0) is 19.4 Å². The van der Waals surface area contributed by atoms with E-state index in [0.29, 0.717) is 6.61 Å². The summed E-state index contributed by atoms with van der Waals surface area (Å²) in [4.78, 5) is 2.38. The van der Waals surface area contributed by atoms with Crippen LogP contribution in [0, 0.1) is 5.82 Å². The topological polar surface area (TPSA) is 32.7 Å². The van der Waals surface area contributed by atoms with Crippen molar-refractivity contribution in [1.82, 2.24) is 0 Å². The highest BCUT2D eigenvalue weighted by Gasteiger charge is 2.28. The molecule has 0 radical (unpaired) electrons. The van der Waals surface area contributed by atoms with Crippen LogP contribution in [0.4, 0.5) is 10.1 Å². The molecule has 0 amide bonds. The van der Waals surface area contributed by atoms with Gasteiger partial charge in [-0.05, 0) is 90.0 Å². The summed E-state index contributed by atoms with van der Waals surface area (Å²) in [6.45, 7) is 1.41. The van der Waals surface area contributed by atoms with E-state index in [1.54, 1.807) is 12.1 Å². The van der Waals surface area contributed by atoms with E-state index in [0.717, 1.165) is 42.8 Å². The van der Waals surface area contributed by atoms with Gasteiger partial charge in [-0.3, -0.25) is 0 Å². The number of fused-ring (bicyclic) bond motifs is 1. The summed E-state index contributed by atoms with van der Waals surface area (Å²) in [6.07, 6.45) is 2.71. The predicted molar refractivity (Wildman–Crippen MR) is 134 cm³/mol. The number of ether oxygens (including phenoxy) is 1. The van der Waals surface area contributed by atoms with Crippen molar-refractivity contribution in [3.63, 3.8) is 0 Å². The normalized spacial score (nSPS) is 15.1. The molecule has 0 aliphatic carbocycles. The molecule has 1 aliphatic rings. The van der Waals surface area contributed by atoms with E-state index in [2.05, 4.69) is 35.2 Å². The first-order chi connectivity index (χ1) is 16.7. The van der Waals surface area contributed by atoms with Crippen molar-refractivity contribution < 1.29 is 14.2 Å². The largest absolute Gasteiger partial charge is 0.508 e. The van der Waals surface area contributed by atoms with Crippen molar-refractivity contribution in [2.45, 2.75) is 31.9 Å². The zero-order valence-corrected chi connectivity index (χ0v) is 19.0. The molecule has 1 unspecified atom stereocenters. The van der Waals surface area contributed by atoms with Crippen LogP contribution in [-0.4, -0.2) is 11.7 Å². The smallest absolute Gasteiger partial charge is 0.123 e. The van der Waals surface area contributed by atoms with Crippen molar-refractivity contribution >= 4 is 5.69 Å². The van der Waals surface area contributed by atoms with Crippen LogP contribution in [0.25, 0.3) is 0 Å². The average molecular weight is 454 g/mol. The molecule has 0 fully saturated rings. The average Bonchev–Trinajstić information content (AvgIpc) is 2.88. The van der Waals surface area contributed by atoms with Crippen LogP contribution in [0.15, 0.2) is 97.1 Å². The van der Waals surface area contributed by atoms with Gasteiger partial charge in [0.05, 0.1) is 6.04 Å². The minimum atomic E-state index is -0.220. The number of nitrogens with zero attached hydrogens (tertiary/aromatic N) is 1. The lowest BCUT2D eigenvalue weighted by atomic mass is 9.88. The summed E-state index contributed by atoms with van der Waals surface area (Å²) in [5, 5.41) is 9.61. The highest BCUT2D eigenvalue weighted by Crippen LogP contribution is 2.38. The molecule has 0 spiro atoms. The molecule has 4 aromatic carbocycles. The summed E-state index contributed by atoms with van der Waals surface area (Å²) < 4.78 is 19.7. The van der Waals surface area contributed by atoms with Crippen molar-refractivity contribution in [3.8, 4) is 11.5 Å². The van der Waals surface area contributed by atoms with Gasteiger partial charge in [-0.15, -0.1) is 0 Å². The Morgan fingerprint density at radius 2 is 1.62 bits per heavy atom. The van der Waals surface area contributed by atoms with E-state index in [4.69, 9.17) is 4.74 Å². The lowest BCUT2D eigenvalue weighted by molar-refractivity contribution is 0.305. The third kappa shape index (κ3) is 5.07. The minimum absolute atomic E-state index is 0.172. The monoisotopic (exact) mass is 453 g/mol. The third-order valence-electron chi connectivity index (χ3n) is 6.52. The fourth-order valence-electron chi connectivity index (χ4n) is 4.74. The first kappa shape index (κ1) is 22.0. The van der Waals surface area contributed by atoms with Crippen LogP contribution in [0.1, 0.15) is 34.7 Å². The summed E-state index contributed by atoms with van der Waals surface area (Å²) in [5.41, 5.74) is 5.97. The zero-order valence-electron chi connectivity index (χ0n) is 19.0. The van der Waals surface area contributed by atoms with Crippen LogP contribution in [0.2, 0.25) is 0 Å². The predicted octanol–water partition coefficient (Wildman–Crippen LogP) is 6.85. The molecular weight excluding hydrogens is 425 g/mol. The van der Waals surface area contributed by atoms with E-state index in [1.807, 2.05) is 42.5 Å². The number of rotatable bonds is 7. The zero-order chi connectivity index (χ0) is 23.3. The maximum Gasteiger partial charge on any atom is 0.123 e. The number of aryl methyl sites for hydroxylation is 1. The number of aromatic hydroxyl groups is 1. The second-order valence-electron chi connectivity index (χ2n) is 8.78. The van der Waals surface area contributed by atoms with Crippen LogP contribution in [0.3, 0.4) is 0 Å². The molecule has 4 heteroatoms. The molecule has 1 atom stereocenters. The molecule has 0 saturated heterocycles. The Morgan fingerprint density at radius 3 is 2.38 bits per heavy atom. The molecule has 4 aromatic rings. The fourth-order valence-corrected chi connectivity index (χ4v) is 4.74. The van der Waals surface area contributed by atoms with Gasteiger partial charge in [0.25, 0.3) is 0 Å². The molecule has 1 N–H and O–H groups in total. The van der Waals surface area contributed by atoms with Crippen LogP contribution in [0.5, 0.6) is 11.5 Å². The van der Waals surface area contributed by atoms with Gasteiger partial charge in [-0.1, -0.05) is 48.5 Å². The molecule has 1 aliphatic heterocycles. The Morgan fingerprint density at radius 1 is 0.853 bits per heavy atom. The summed E-state index contributed by atoms with van der Waals surface area (Å²) >= 11 is 0. The van der Waals surface area contributed by atoms with Gasteiger partial charge in [0.1, 0.15) is 23.9 Å². The molecule has 0 saturated carbocycles. The Balaban J connectivity index is 1.39. The van der Waals surface area contributed by atoms with E-state index in [9.17, 15) is 9.50 Å². The van der Waals surface area contributed by atoms with Crippen molar-refractivity contribution in [2.24, 2.45) is 0 Å². The number of anilines is 1. The highest BCUT2D eigenvalue weighted by atomic mass is 19.1. The van der Waals surface area contributed by atoms with E-state index < -0.39 is 0 Å². The quantitative estimate of drug-likeness (QED) is 0.332. The van der Waals surface area contributed by atoms with Gasteiger partial charge in [0.2, 0.25) is 0 Å². The van der Waals surface area contributed by atoms with E-state index in [1.165, 1.54) is 28.8 Å². The summed E-state index contributed by atoms with van der Waals surface area (Å²) in [6, 6.07) is 31.0. The van der Waals surface area contributed by atoms with Gasteiger partial charge < -0.3 is 14.7 Å². The third-order valence-corrected chi connectivity index (χ3v) is 6.52. The molecule has 172 valence electrons. The van der Waals surface area contributed by atoms with Crippen LogP contribution < -0.4 is 9.64 Å². The molecule has 0 aromatic heterocycles. The fraction of sp³-hybridized carbons (Fsp3) is 0.200. The Bertz CT molecular complexity index is 1220. The van der Waals surface area contributed by atoms with Gasteiger partial charge >= 0.3 is 0 Å². The maximum absolute atomic E-state index is 13.6. The van der Waals surface area contributed by atoms with Gasteiger partial charge in [-0.25, -0.2) is 4.39 Å². The number of benzene rings is 4. The number of phenolic OH excluding ortho intramolecular Hbond substituents is 1.